The summed E-state index contributed by atoms with van der Waals surface area (Å²) in [6, 6.07) is 5.85. The van der Waals surface area contributed by atoms with Gasteiger partial charge in [0.1, 0.15) is 0 Å². The second-order valence-electron chi connectivity index (χ2n) is 4.92. The lowest BCUT2D eigenvalue weighted by Crippen LogP contribution is -2.38. The predicted molar refractivity (Wildman–Crippen MR) is 68.0 cm³/mol. The minimum absolute atomic E-state index is 0. The van der Waals surface area contributed by atoms with Gasteiger partial charge in [-0.2, -0.15) is 13.2 Å². The van der Waals surface area contributed by atoms with Crippen molar-refractivity contribution in [2.45, 2.75) is 37.9 Å². The third kappa shape index (κ3) is 3.39. The van der Waals surface area contributed by atoms with Gasteiger partial charge >= 0.3 is 6.18 Å². The van der Waals surface area contributed by atoms with Crippen LogP contribution in [0.5, 0.6) is 0 Å². The van der Waals surface area contributed by atoms with Crippen molar-refractivity contribution in [1.82, 2.24) is 5.32 Å². The predicted octanol–water partition coefficient (Wildman–Crippen LogP) is 3.81. The topological polar surface area (TPSA) is 12.0 Å². The van der Waals surface area contributed by atoms with Crippen LogP contribution >= 0.6 is 12.4 Å². The molecule has 0 bridgehead atoms. The van der Waals surface area contributed by atoms with Crippen molar-refractivity contribution >= 4 is 12.4 Å². The van der Waals surface area contributed by atoms with E-state index in [0.717, 1.165) is 25.5 Å². The van der Waals surface area contributed by atoms with Gasteiger partial charge in [-0.05, 0) is 44.4 Å². The van der Waals surface area contributed by atoms with Gasteiger partial charge in [-0.25, -0.2) is 0 Å². The molecule has 0 aromatic heterocycles. The van der Waals surface area contributed by atoms with E-state index < -0.39 is 11.7 Å². The summed E-state index contributed by atoms with van der Waals surface area (Å²) in [5, 5.41) is 3.29. The molecule has 102 valence electrons. The quantitative estimate of drug-likeness (QED) is 0.868. The Labute approximate surface area is 111 Å². The van der Waals surface area contributed by atoms with Crippen molar-refractivity contribution in [2.24, 2.45) is 0 Å². The molecule has 1 aromatic carbocycles. The van der Waals surface area contributed by atoms with Crippen LogP contribution in [-0.4, -0.2) is 12.1 Å². The highest BCUT2D eigenvalue weighted by Gasteiger charge is 2.36. The Morgan fingerprint density at radius 2 is 1.94 bits per heavy atom. The minimum Gasteiger partial charge on any atom is -0.311 e. The van der Waals surface area contributed by atoms with Gasteiger partial charge in [-0.3, -0.25) is 0 Å². The lowest BCUT2D eigenvalue weighted by molar-refractivity contribution is -0.138. The smallest absolute Gasteiger partial charge is 0.311 e. The number of rotatable bonds is 2. The fourth-order valence-electron chi connectivity index (χ4n) is 2.48. The number of benzene rings is 1. The minimum atomic E-state index is -4.26. The highest BCUT2D eigenvalue weighted by Crippen LogP contribution is 2.34. The maximum atomic E-state index is 12.8. The van der Waals surface area contributed by atoms with E-state index in [2.05, 4.69) is 5.32 Å². The maximum absolute atomic E-state index is 12.8. The number of nitrogens with one attached hydrogen (secondary N) is 1. The standard InChI is InChI=1S/C13H16F3N.ClH/c1-12(7-4-8-17-12)9-10-5-2-3-6-11(10)13(14,15)16;/h2-3,5-6,17H,4,7-9H2,1H3;1H. The van der Waals surface area contributed by atoms with Crippen LogP contribution < -0.4 is 5.32 Å². The monoisotopic (exact) mass is 279 g/mol. The van der Waals surface area contributed by atoms with E-state index in [4.69, 9.17) is 0 Å². The van der Waals surface area contributed by atoms with E-state index in [0.29, 0.717) is 12.0 Å². The van der Waals surface area contributed by atoms with E-state index >= 15 is 0 Å². The normalized spacial score (nSPS) is 23.8. The molecule has 1 unspecified atom stereocenters. The van der Waals surface area contributed by atoms with Gasteiger partial charge in [0, 0.05) is 5.54 Å². The molecule has 0 amide bonds. The molecular weight excluding hydrogens is 263 g/mol. The Morgan fingerprint density at radius 1 is 1.28 bits per heavy atom. The molecule has 1 aliphatic rings. The summed E-state index contributed by atoms with van der Waals surface area (Å²) >= 11 is 0. The summed E-state index contributed by atoms with van der Waals surface area (Å²) in [5.74, 6) is 0. The van der Waals surface area contributed by atoms with E-state index in [1.54, 1.807) is 12.1 Å². The fraction of sp³-hybridized carbons (Fsp3) is 0.538. The molecule has 1 heterocycles. The average molecular weight is 280 g/mol. The van der Waals surface area contributed by atoms with Gasteiger partial charge in [0.25, 0.3) is 0 Å². The molecule has 0 radical (unpaired) electrons. The highest BCUT2D eigenvalue weighted by molar-refractivity contribution is 5.85. The molecule has 1 atom stereocenters. The molecule has 1 nitrogen and oxygen atoms in total. The van der Waals surface area contributed by atoms with Crippen LogP contribution in [0, 0.1) is 0 Å². The first-order chi connectivity index (χ1) is 7.91. The summed E-state index contributed by atoms with van der Waals surface area (Å²) in [6.07, 6.45) is -1.86. The average Bonchev–Trinajstić information content (AvgIpc) is 2.64. The first kappa shape index (κ1) is 15.3. The molecule has 2 rings (SSSR count). The Kier molecular flexibility index (Phi) is 4.67. The van der Waals surface area contributed by atoms with Gasteiger partial charge in [0.2, 0.25) is 0 Å². The molecule has 0 aliphatic carbocycles. The van der Waals surface area contributed by atoms with E-state index in [-0.39, 0.29) is 17.9 Å². The van der Waals surface area contributed by atoms with Crippen LogP contribution in [0.3, 0.4) is 0 Å². The van der Waals surface area contributed by atoms with Crippen LogP contribution in [0.1, 0.15) is 30.9 Å². The van der Waals surface area contributed by atoms with Gasteiger partial charge in [0.15, 0.2) is 0 Å². The van der Waals surface area contributed by atoms with Crippen LogP contribution in [-0.2, 0) is 12.6 Å². The Balaban J connectivity index is 0.00000162. The van der Waals surface area contributed by atoms with Gasteiger partial charge in [0.05, 0.1) is 5.56 Å². The van der Waals surface area contributed by atoms with E-state index in [9.17, 15) is 13.2 Å². The number of alkyl halides is 3. The molecule has 1 aliphatic heterocycles. The number of hydrogen-bond acceptors (Lipinski definition) is 1. The summed E-state index contributed by atoms with van der Waals surface area (Å²) in [4.78, 5) is 0. The van der Waals surface area contributed by atoms with Crippen LogP contribution in [0.2, 0.25) is 0 Å². The molecule has 1 saturated heterocycles. The first-order valence-corrected chi connectivity index (χ1v) is 5.81. The first-order valence-electron chi connectivity index (χ1n) is 5.81. The summed E-state index contributed by atoms with van der Waals surface area (Å²) in [5.41, 5.74) is -0.312. The van der Waals surface area contributed by atoms with Gasteiger partial charge < -0.3 is 5.32 Å². The zero-order chi connectivity index (χ0) is 12.5. The lowest BCUT2D eigenvalue weighted by atomic mass is 9.89. The molecule has 18 heavy (non-hydrogen) atoms. The van der Waals surface area contributed by atoms with Gasteiger partial charge in [-0.1, -0.05) is 18.2 Å². The van der Waals surface area contributed by atoms with Crippen molar-refractivity contribution in [3.8, 4) is 0 Å². The van der Waals surface area contributed by atoms with Crippen LogP contribution in [0.15, 0.2) is 24.3 Å². The zero-order valence-electron chi connectivity index (χ0n) is 10.2. The van der Waals surface area contributed by atoms with Crippen molar-refractivity contribution in [1.29, 1.82) is 0 Å². The third-order valence-corrected chi connectivity index (χ3v) is 3.36. The SMILES string of the molecule is CC1(Cc2ccccc2C(F)(F)F)CCCN1.Cl. The zero-order valence-corrected chi connectivity index (χ0v) is 11.0. The molecule has 0 spiro atoms. The Hall–Kier alpha value is -0.740. The van der Waals surface area contributed by atoms with Crippen molar-refractivity contribution in [3.05, 3.63) is 35.4 Å². The van der Waals surface area contributed by atoms with Crippen molar-refractivity contribution in [2.75, 3.05) is 6.54 Å². The lowest BCUT2D eigenvalue weighted by Gasteiger charge is -2.26. The maximum Gasteiger partial charge on any atom is 0.416 e. The Bertz CT molecular complexity index is 397. The Morgan fingerprint density at radius 3 is 2.50 bits per heavy atom. The molecule has 1 fully saturated rings. The van der Waals surface area contributed by atoms with Crippen molar-refractivity contribution in [3.63, 3.8) is 0 Å². The number of hydrogen-bond donors (Lipinski definition) is 1. The van der Waals surface area contributed by atoms with Gasteiger partial charge in [-0.15, -0.1) is 12.4 Å². The highest BCUT2D eigenvalue weighted by atomic mass is 35.5. The summed E-state index contributed by atoms with van der Waals surface area (Å²) in [7, 11) is 0. The van der Waals surface area contributed by atoms with Crippen molar-refractivity contribution < 1.29 is 13.2 Å². The fourth-order valence-corrected chi connectivity index (χ4v) is 2.48. The second-order valence-corrected chi connectivity index (χ2v) is 4.92. The van der Waals surface area contributed by atoms with E-state index in [1.807, 2.05) is 6.92 Å². The molecule has 0 saturated carbocycles. The molecule has 1 N–H and O–H groups in total. The molecule has 1 aromatic rings. The summed E-state index contributed by atoms with van der Waals surface area (Å²) < 4.78 is 38.5. The van der Waals surface area contributed by atoms with Crippen LogP contribution in [0.4, 0.5) is 13.2 Å². The molecular formula is C13H17ClF3N. The second kappa shape index (κ2) is 5.49. The van der Waals surface area contributed by atoms with E-state index in [1.165, 1.54) is 6.07 Å². The summed E-state index contributed by atoms with van der Waals surface area (Å²) in [6.45, 7) is 2.89. The largest absolute Gasteiger partial charge is 0.416 e. The molecule has 5 heteroatoms. The number of halogens is 4. The third-order valence-electron chi connectivity index (χ3n) is 3.36. The van der Waals surface area contributed by atoms with Crippen LogP contribution in [0.25, 0.3) is 0 Å².